The van der Waals surface area contributed by atoms with Crippen molar-refractivity contribution in [2.24, 2.45) is 11.1 Å². The Morgan fingerprint density at radius 3 is 2.39 bits per heavy atom. The Bertz CT molecular complexity index is 429. The molecular weight excluding hydrogens is 316 g/mol. The maximum absolute atomic E-state index is 11.9. The van der Waals surface area contributed by atoms with Crippen molar-refractivity contribution in [1.82, 2.24) is 0 Å². The van der Waals surface area contributed by atoms with Crippen molar-refractivity contribution >= 4 is 39.9 Å². The number of halogens is 2. The fourth-order valence-electron chi connectivity index (χ4n) is 1.28. The third-order valence-electron chi connectivity index (χ3n) is 2.65. The Kier molecular flexibility index (Phi) is 6.34. The summed E-state index contributed by atoms with van der Waals surface area (Å²) in [6.45, 7) is 7.84. The van der Waals surface area contributed by atoms with Gasteiger partial charge in [-0.15, -0.1) is 12.4 Å². The van der Waals surface area contributed by atoms with Gasteiger partial charge in [0.2, 0.25) is 5.91 Å². The molecule has 0 aromatic heterocycles. The van der Waals surface area contributed by atoms with E-state index in [2.05, 4.69) is 21.2 Å². The zero-order valence-corrected chi connectivity index (χ0v) is 13.5. The number of carbonyl (C=O) groups excluding carboxylic acids is 1. The van der Waals surface area contributed by atoms with Gasteiger partial charge in [0.05, 0.1) is 6.04 Å². The fourth-order valence-corrected chi connectivity index (χ4v) is 1.66. The van der Waals surface area contributed by atoms with Crippen LogP contribution in [0, 0.1) is 12.3 Å². The zero-order chi connectivity index (χ0) is 13.2. The first-order chi connectivity index (χ1) is 7.71. The largest absolute Gasteiger partial charge is 0.325 e. The molecular formula is C13H20BrClN2O. The van der Waals surface area contributed by atoms with Crippen molar-refractivity contribution in [2.75, 3.05) is 5.32 Å². The summed E-state index contributed by atoms with van der Waals surface area (Å²) in [6, 6.07) is 5.17. The SMILES string of the molecule is Cc1ccc(NC(=O)[C@@H](N)C(C)(C)C)cc1Br.Cl. The van der Waals surface area contributed by atoms with Crippen LogP contribution < -0.4 is 11.1 Å². The van der Waals surface area contributed by atoms with Gasteiger partial charge < -0.3 is 11.1 Å². The maximum Gasteiger partial charge on any atom is 0.241 e. The first-order valence-electron chi connectivity index (χ1n) is 5.54. The second kappa shape index (κ2) is 6.55. The Morgan fingerprint density at radius 2 is 1.94 bits per heavy atom. The molecule has 0 saturated carbocycles. The lowest BCUT2D eigenvalue weighted by atomic mass is 9.87. The van der Waals surface area contributed by atoms with Crippen LogP contribution >= 0.6 is 28.3 Å². The standard InChI is InChI=1S/C13H19BrN2O.ClH/c1-8-5-6-9(7-10(8)14)16-12(17)11(15)13(2,3)4;/h5-7,11H,15H2,1-4H3,(H,16,17);1H/t11-;/m1./s1. The van der Waals surface area contributed by atoms with Crippen LogP contribution in [0.3, 0.4) is 0 Å². The molecule has 1 atom stereocenters. The van der Waals surface area contributed by atoms with E-state index in [0.29, 0.717) is 0 Å². The summed E-state index contributed by atoms with van der Waals surface area (Å²) >= 11 is 3.43. The molecule has 1 aromatic rings. The van der Waals surface area contributed by atoms with E-state index in [9.17, 15) is 4.79 Å². The third kappa shape index (κ3) is 4.59. The topological polar surface area (TPSA) is 55.1 Å². The lowest BCUT2D eigenvalue weighted by Crippen LogP contribution is -2.45. The minimum Gasteiger partial charge on any atom is -0.325 e. The summed E-state index contributed by atoms with van der Waals surface area (Å²) in [4.78, 5) is 11.9. The minimum absolute atomic E-state index is 0. The van der Waals surface area contributed by atoms with Gasteiger partial charge in [0.15, 0.2) is 0 Å². The molecule has 0 heterocycles. The minimum atomic E-state index is -0.525. The molecule has 3 N–H and O–H groups in total. The fraction of sp³-hybridized carbons (Fsp3) is 0.462. The molecule has 1 amide bonds. The number of carbonyl (C=O) groups is 1. The van der Waals surface area contributed by atoms with Gasteiger partial charge in [0, 0.05) is 10.2 Å². The Balaban J connectivity index is 0.00000289. The van der Waals surface area contributed by atoms with Gasteiger partial charge in [-0.1, -0.05) is 42.8 Å². The second-order valence-corrected chi connectivity index (χ2v) is 6.15. The molecule has 102 valence electrons. The number of hydrogen-bond acceptors (Lipinski definition) is 2. The van der Waals surface area contributed by atoms with Crippen molar-refractivity contribution in [1.29, 1.82) is 0 Å². The summed E-state index contributed by atoms with van der Waals surface area (Å²) in [7, 11) is 0. The van der Waals surface area contributed by atoms with E-state index in [-0.39, 0.29) is 23.7 Å². The summed E-state index contributed by atoms with van der Waals surface area (Å²) in [5.41, 5.74) is 7.53. The molecule has 1 aromatic carbocycles. The van der Waals surface area contributed by atoms with E-state index >= 15 is 0 Å². The van der Waals surface area contributed by atoms with Crippen LogP contribution in [0.25, 0.3) is 0 Å². The molecule has 0 aliphatic heterocycles. The van der Waals surface area contributed by atoms with Crippen molar-refractivity contribution in [3.8, 4) is 0 Å². The molecule has 3 nitrogen and oxygen atoms in total. The zero-order valence-electron chi connectivity index (χ0n) is 11.1. The van der Waals surface area contributed by atoms with Crippen molar-refractivity contribution in [3.63, 3.8) is 0 Å². The van der Waals surface area contributed by atoms with Crippen LogP contribution in [0.5, 0.6) is 0 Å². The Morgan fingerprint density at radius 1 is 1.39 bits per heavy atom. The third-order valence-corrected chi connectivity index (χ3v) is 3.51. The number of anilines is 1. The van der Waals surface area contributed by atoms with Crippen LogP contribution in [0.4, 0.5) is 5.69 Å². The van der Waals surface area contributed by atoms with E-state index in [0.717, 1.165) is 15.7 Å². The average molecular weight is 336 g/mol. The number of hydrogen-bond donors (Lipinski definition) is 2. The Labute approximate surface area is 123 Å². The molecule has 0 saturated heterocycles. The Hall–Kier alpha value is -0.580. The lowest BCUT2D eigenvalue weighted by Gasteiger charge is -2.25. The first kappa shape index (κ1) is 17.4. The number of rotatable bonds is 2. The van der Waals surface area contributed by atoms with E-state index < -0.39 is 6.04 Å². The summed E-state index contributed by atoms with van der Waals surface area (Å²) in [5.74, 6) is -0.159. The number of amides is 1. The highest BCUT2D eigenvalue weighted by atomic mass is 79.9. The molecule has 0 aliphatic rings. The molecule has 0 radical (unpaired) electrons. The smallest absolute Gasteiger partial charge is 0.241 e. The summed E-state index contributed by atoms with van der Waals surface area (Å²) < 4.78 is 0.972. The number of benzene rings is 1. The van der Waals surface area contributed by atoms with Gasteiger partial charge in [0.25, 0.3) is 0 Å². The molecule has 0 spiro atoms. The van der Waals surface area contributed by atoms with Crippen molar-refractivity contribution in [2.45, 2.75) is 33.7 Å². The highest BCUT2D eigenvalue weighted by Gasteiger charge is 2.27. The van der Waals surface area contributed by atoms with Crippen molar-refractivity contribution in [3.05, 3.63) is 28.2 Å². The first-order valence-corrected chi connectivity index (χ1v) is 6.33. The van der Waals surface area contributed by atoms with Gasteiger partial charge in [0.1, 0.15) is 0 Å². The van der Waals surface area contributed by atoms with Crippen LogP contribution in [0.1, 0.15) is 26.3 Å². The van der Waals surface area contributed by atoms with E-state index in [1.54, 1.807) is 0 Å². The van der Waals surface area contributed by atoms with Crippen LogP contribution in [0.15, 0.2) is 22.7 Å². The second-order valence-electron chi connectivity index (χ2n) is 5.30. The number of aryl methyl sites for hydroxylation is 1. The van der Waals surface area contributed by atoms with Gasteiger partial charge in [-0.25, -0.2) is 0 Å². The van der Waals surface area contributed by atoms with Gasteiger partial charge >= 0.3 is 0 Å². The molecule has 0 fully saturated rings. The van der Waals surface area contributed by atoms with Gasteiger partial charge in [-0.2, -0.15) is 0 Å². The van der Waals surface area contributed by atoms with E-state index in [1.807, 2.05) is 45.9 Å². The van der Waals surface area contributed by atoms with E-state index in [4.69, 9.17) is 5.73 Å². The molecule has 18 heavy (non-hydrogen) atoms. The van der Waals surface area contributed by atoms with Gasteiger partial charge in [-0.05, 0) is 30.0 Å². The number of nitrogens with two attached hydrogens (primary N) is 1. The molecule has 0 aliphatic carbocycles. The predicted molar refractivity (Wildman–Crippen MR) is 82.2 cm³/mol. The van der Waals surface area contributed by atoms with E-state index in [1.165, 1.54) is 0 Å². The summed E-state index contributed by atoms with van der Waals surface area (Å²) in [6.07, 6.45) is 0. The molecule has 1 rings (SSSR count). The predicted octanol–water partition coefficient (Wildman–Crippen LogP) is 3.49. The van der Waals surface area contributed by atoms with Crippen molar-refractivity contribution < 1.29 is 4.79 Å². The maximum atomic E-state index is 11.9. The molecule has 5 heteroatoms. The lowest BCUT2D eigenvalue weighted by molar-refractivity contribution is -0.119. The normalized spacial score (nSPS) is 12.6. The van der Waals surface area contributed by atoms with Gasteiger partial charge in [-0.3, -0.25) is 4.79 Å². The molecule has 0 unspecified atom stereocenters. The van der Waals surface area contributed by atoms with Crippen LogP contribution in [0.2, 0.25) is 0 Å². The molecule has 0 bridgehead atoms. The highest BCUT2D eigenvalue weighted by molar-refractivity contribution is 9.10. The monoisotopic (exact) mass is 334 g/mol. The van der Waals surface area contributed by atoms with Crippen LogP contribution in [-0.4, -0.2) is 11.9 Å². The highest BCUT2D eigenvalue weighted by Crippen LogP contribution is 2.22. The number of nitrogens with one attached hydrogen (secondary N) is 1. The average Bonchev–Trinajstić information content (AvgIpc) is 2.21. The van der Waals surface area contributed by atoms with Crippen LogP contribution in [-0.2, 0) is 4.79 Å². The summed E-state index contributed by atoms with van der Waals surface area (Å²) in [5, 5.41) is 2.82. The quantitative estimate of drug-likeness (QED) is 0.869.